The number of amides is 1. The van der Waals surface area contributed by atoms with Crippen molar-refractivity contribution in [3.63, 3.8) is 0 Å². The van der Waals surface area contributed by atoms with Gasteiger partial charge in [0.1, 0.15) is 0 Å². The number of rotatable bonds is 5. The lowest BCUT2D eigenvalue weighted by Crippen LogP contribution is -2.36. The molecule has 4 rings (SSSR count). The molecule has 1 aromatic heterocycles. The Balaban J connectivity index is 1.65. The van der Waals surface area contributed by atoms with E-state index in [9.17, 15) is 4.79 Å². The van der Waals surface area contributed by atoms with Crippen molar-refractivity contribution in [2.24, 2.45) is 0 Å². The zero-order chi connectivity index (χ0) is 21.1. The van der Waals surface area contributed by atoms with Gasteiger partial charge < -0.3 is 5.32 Å². The van der Waals surface area contributed by atoms with E-state index < -0.39 is 0 Å². The van der Waals surface area contributed by atoms with Crippen LogP contribution in [-0.4, -0.2) is 21.7 Å². The zero-order valence-electron chi connectivity index (χ0n) is 17.6. The number of carbonyl (C=O) groups is 1. The number of aryl methyl sites for hydroxylation is 2. The van der Waals surface area contributed by atoms with E-state index in [4.69, 9.17) is 16.7 Å². The number of hydrogen-bond acceptors (Lipinski definition) is 2. The summed E-state index contributed by atoms with van der Waals surface area (Å²) in [4.78, 5) is 12.9. The molecule has 5 heteroatoms. The van der Waals surface area contributed by atoms with E-state index in [2.05, 4.69) is 36.5 Å². The van der Waals surface area contributed by atoms with Crippen LogP contribution in [0.4, 0.5) is 0 Å². The normalized spacial score (nSPS) is 14.6. The van der Waals surface area contributed by atoms with Crippen molar-refractivity contribution in [2.75, 3.05) is 0 Å². The minimum Gasteiger partial charge on any atom is -0.348 e. The third-order valence-electron chi connectivity index (χ3n) is 5.86. The molecule has 1 heterocycles. The molecule has 0 atom stereocenters. The van der Waals surface area contributed by atoms with E-state index >= 15 is 0 Å². The van der Waals surface area contributed by atoms with Gasteiger partial charge in [-0.05, 0) is 56.0 Å². The second-order valence-corrected chi connectivity index (χ2v) is 8.74. The summed E-state index contributed by atoms with van der Waals surface area (Å²) in [7, 11) is 0. The minimum absolute atomic E-state index is 0.0866. The number of benzene rings is 2. The maximum atomic E-state index is 12.9. The standard InChI is InChI=1S/C25H28ClN3O/c1-17-8-10-19(11-9-17)16-29-24(20-12-13-22(26)18(2)14-20)15-23(28-29)25(30)27-21-6-4-3-5-7-21/h8-15,21H,3-7,16H2,1-2H3,(H,27,30). The minimum atomic E-state index is -0.0866. The Bertz CT molecular complexity index is 1030. The lowest BCUT2D eigenvalue weighted by atomic mass is 9.95. The molecule has 1 amide bonds. The SMILES string of the molecule is Cc1ccc(Cn2nc(C(=O)NC3CCCCC3)cc2-c2ccc(Cl)c(C)c2)cc1. The summed E-state index contributed by atoms with van der Waals surface area (Å²) in [5.74, 6) is -0.0866. The van der Waals surface area contributed by atoms with E-state index in [1.54, 1.807) is 0 Å². The van der Waals surface area contributed by atoms with Crippen LogP contribution in [0.3, 0.4) is 0 Å². The Labute approximate surface area is 183 Å². The van der Waals surface area contributed by atoms with Crippen molar-refractivity contribution < 1.29 is 4.79 Å². The van der Waals surface area contributed by atoms with Gasteiger partial charge in [0.2, 0.25) is 0 Å². The Morgan fingerprint density at radius 2 is 1.80 bits per heavy atom. The predicted molar refractivity (Wildman–Crippen MR) is 122 cm³/mol. The molecule has 156 valence electrons. The van der Waals surface area contributed by atoms with Crippen LogP contribution in [0, 0.1) is 13.8 Å². The third kappa shape index (κ3) is 4.76. The zero-order valence-corrected chi connectivity index (χ0v) is 18.4. The molecule has 0 unspecified atom stereocenters. The van der Waals surface area contributed by atoms with Crippen molar-refractivity contribution >= 4 is 17.5 Å². The molecule has 4 nitrogen and oxygen atoms in total. The molecule has 1 saturated carbocycles. The van der Waals surface area contributed by atoms with Crippen LogP contribution in [-0.2, 0) is 6.54 Å². The lowest BCUT2D eigenvalue weighted by molar-refractivity contribution is 0.0922. The predicted octanol–water partition coefficient (Wildman–Crippen LogP) is 5.93. The Morgan fingerprint density at radius 1 is 1.07 bits per heavy atom. The van der Waals surface area contributed by atoms with Gasteiger partial charge in [0.05, 0.1) is 12.2 Å². The van der Waals surface area contributed by atoms with Crippen LogP contribution in [0.25, 0.3) is 11.3 Å². The number of halogens is 1. The maximum absolute atomic E-state index is 12.9. The third-order valence-corrected chi connectivity index (χ3v) is 6.28. The summed E-state index contributed by atoms with van der Waals surface area (Å²) in [6, 6.07) is 16.5. The number of aromatic nitrogens is 2. The van der Waals surface area contributed by atoms with Gasteiger partial charge in [0.25, 0.3) is 5.91 Å². The molecule has 0 saturated heterocycles. The molecule has 3 aromatic rings. The number of carbonyl (C=O) groups excluding carboxylic acids is 1. The van der Waals surface area contributed by atoms with Gasteiger partial charge in [-0.15, -0.1) is 0 Å². The van der Waals surface area contributed by atoms with E-state index in [0.29, 0.717) is 12.2 Å². The van der Waals surface area contributed by atoms with E-state index in [1.165, 1.54) is 24.8 Å². The molecule has 30 heavy (non-hydrogen) atoms. The van der Waals surface area contributed by atoms with Crippen LogP contribution < -0.4 is 5.32 Å². The molecule has 1 aliphatic rings. The average molecular weight is 422 g/mol. The number of nitrogens with zero attached hydrogens (tertiary/aromatic N) is 2. The fourth-order valence-corrected chi connectivity index (χ4v) is 4.17. The largest absolute Gasteiger partial charge is 0.348 e. The smallest absolute Gasteiger partial charge is 0.272 e. The van der Waals surface area contributed by atoms with Gasteiger partial charge in [0.15, 0.2) is 5.69 Å². The molecule has 0 aliphatic heterocycles. The Morgan fingerprint density at radius 3 is 2.50 bits per heavy atom. The highest BCUT2D eigenvalue weighted by Crippen LogP contribution is 2.27. The molecule has 1 N–H and O–H groups in total. The van der Waals surface area contributed by atoms with Crippen molar-refractivity contribution in [1.29, 1.82) is 0 Å². The highest BCUT2D eigenvalue weighted by atomic mass is 35.5. The number of hydrogen-bond donors (Lipinski definition) is 1. The van der Waals surface area contributed by atoms with E-state index in [-0.39, 0.29) is 11.9 Å². The van der Waals surface area contributed by atoms with Crippen molar-refractivity contribution in [2.45, 2.75) is 58.5 Å². The quantitative estimate of drug-likeness (QED) is 0.554. The van der Waals surface area contributed by atoms with Crippen molar-refractivity contribution in [1.82, 2.24) is 15.1 Å². The maximum Gasteiger partial charge on any atom is 0.272 e. The molecule has 2 aromatic carbocycles. The second kappa shape index (κ2) is 9.05. The van der Waals surface area contributed by atoms with Crippen LogP contribution in [0.5, 0.6) is 0 Å². The molecule has 0 radical (unpaired) electrons. The van der Waals surface area contributed by atoms with Gasteiger partial charge in [-0.2, -0.15) is 5.10 Å². The van der Waals surface area contributed by atoms with Gasteiger partial charge >= 0.3 is 0 Å². The highest BCUT2D eigenvalue weighted by Gasteiger charge is 2.20. The molecule has 1 aliphatic carbocycles. The van der Waals surface area contributed by atoms with Crippen LogP contribution in [0.1, 0.15) is 59.3 Å². The highest BCUT2D eigenvalue weighted by molar-refractivity contribution is 6.31. The average Bonchev–Trinajstić information content (AvgIpc) is 3.16. The van der Waals surface area contributed by atoms with E-state index in [0.717, 1.165) is 40.2 Å². The first-order valence-corrected chi connectivity index (χ1v) is 11.1. The second-order valence-electron chi connectivity index (χ2n) is 8.33. The van der Waals surface area contributed by atoms with E-state index in [1.807, 2.05) is 35.9 Å². The molecular formula is C25H28ClN3O. The van der Waals surface area contributed by atoms with Crippen LogP contribution in [0.15, 0.2) is 48.5 Å². The summed E-state index contributed by atoms with van der Waals surface area (Å²) in [5, 5.41) is 8.61. The first-order valence-electron chi connectivity index (χ1n) is 10.7. The fourth-order valence-electron chi connectivity index (χ4n) is 4.06. The summed E-state index contributed by atoms with van der Waals surface area (Å²) in [5.41, 5.74) is 5.77. The van der Waals surface area contributed by atoms with Crippen molar-refractivity contribution in [3.8, 4) is 11.3 Å². The summed E-state index contributed by atoms with van der Waals surface area (Å²) < 4.78 is 1.92. The summed E-state index contributed by atoms with van der Waals surface area (Å²) in [6.07, 6.45) is 5.74. The summed E-state index contributed by atoms with van der Waals surface area (Å²) >= 11 is 6.23. The van der Waals surface area contributed by atoms with Crippen LogP contribution in [0.2, 0.25) is 5.02 Å². The van der Waals surface area contributed by atoms with Gasteiger partial charge in [-0.25, -0.2) is 0 Å². The lowest BCUT2D eigenvalue weighted by Gasteiger charge is -2.22. The van der Waals surface area contributed by atoms with Gasteiger partial charge in [-0.3, -0.25) is 9.48 Å². The number of nitrogens with one attached hydrogen (secondary N) is 1. The van der Waals surface area contributed by atoms with Crippen LogP contribution >= 0.6 is 11.6 Å². The summed E-state index contributed by atoms with van der Waals surface area (Å²) in [6.45, 7) is 4.67. The fraction of sp³-hybridized carbons (Fsp3) is 0.360. The molecule has 0 spiro atoms. The molecule has 0 bridgehead atoms. The first kappa shape index (κ1) is 20.7. The van der Waals surface area contributed by atoms with Gasteiger partial charge in [-0.1, -0.05) is 66.8 Å². The molecular weight excluding hydrogens is 394 g/mol. The Kier molecular flexibility index (Phi) is 6.24. The Hall–Kier alpha value is -2.59. The molecule has 1 fully saturated rings. The van der Waals surface area contributed by atoms with Crippen molar-refractivity contribution in [3.05, 3.63) is 75.9 Å². The topological polar surface area (TPSA) is 46.9 Å². The monoisotopic (exact) mass is 421 g/mol. The first-order chi connectivity index (χ1) is 14.5. The van der Waals surface area contributed by atoms with Gasteiger partial charge in [0, 0.05) is 16.6 Å².